The Kier molecular flexibility index (Phi) is 4.50. The van der Waals surface area contributed by atoms with Gasteiger partial charge in [-0.3, -0.25) is 0 Å². The Bertz CT molecular complexity index is 400. The summed E-state index contributed by atoms with van der Waals surface area (Å²) in [6.07, 6.45) is 5.11. The van der Waals surface area contributed by atoms with Gasteiger partial charge in [-0.1, -0.05) is 48.8 Å². The second kappa shape index (κ2) is 5.75. The minimum Gasteiger partial charge on any atom is -0.307 e. The van der Waals surface area contributed by atoms with E-state index in [-0.39, 0.29) is 0 Å². The number of benzene rings is 1. The van der Waals surface area contributed by atoms with Gasteiger partial charge < -0.3 is 5.32 Å². The van der Waals surface area contributed by atoms with Crippen LogP contribution in [0.15, 0.2) is 28.7 Å². The second-order valence-electron chi connectivity index (χ2n) is 6.29. The fourth-order valence-electron chi connectivity index (χ4n) is 3.04. The molecule has 0 radical (unpaired) electrons. The molecule has 1 aliphatic rings. The van der Waals surface area contributed by atoms with Gasteiger partial charge in [-0.2, -0.15) is 0 Å². The van der Waals surface area contributed by atoms with Gasteiger partial charge in [0.2, 0.25) is 0 Å². The first-order valence-corrected chi connectivity index (χ1v) is 7.81. The number of rotatable bonds is 4. The molecule has 1 nitrogen and oxygen atoms in total. The van der Waals surface area contributed by atoms with E-state index in [4.69, 9.17) is 0 Å². The summed E-state index contributed by atoms with van der Waals surface area (Å²) in [4.78, 5) is 0. The molecule has 2 atom stereocenters. The van der Waals surface area contributed by atoms with Crippen molar-refractivity contribution in [1.29, 1.82) is 0 Å². The third-order valence-corrected chi connectivity index (χ3v) is 4.56. The van der Waals surface area contributed by atoms with Crippen LogP contribution in [-0.2, 0) is 0 Å². The van der Waals surface area contributed by atoms with Crippen molar-refractivity contribution in [2.45, 2.75) is 58.5 Å². The molecule has 0 amide bonds. The minimum absolute atomic E-state index is 0.487. The molecule has 2 heteroatoms. The van der Waals surface area contributed by atoms with Crippen LogP contribution in [-0.4, -0.2) is 6.04 Å². The molecule has 0 saturated heterocycles. The lowest BCUT2D eigenvalue weighted by molar-refractivity contribution is 0.350. The minimum atomic E-state index is 0.487. The van der Waals surface area contributed by atoms with Crippen LogP contribution in [0.4, 0.5) is 0 Å². The summed E-state index contributed by atoms with van der Waals surface area (Å²) >= 11 is 3.56. The van der Waals surface area contributed by atoms with Crippen molar-refractivity contribution in [1.82, 2.24) is 5.32 Å². The molecule has 0 bridgehead atoms. The van der Waals surface area contributed by atoms with Gasteiger partial charge in [-0.25, -0.2) is 0 Å². The molecule has 2 rings (SSSR count). The summed E-state index contributed by atoms with van der Waals surface area (Å²) < 4.78 is 1.17. The van der Waals surface area contributed by atoms with E-state index in [1.54, 1.807) is 0 Å². The van der Waals surface area contributed by atoms with Crippen LogP contribution in [0.2, 0.25) is 0 Å². The molecule has 1 aromatic carbocycles. The standard InChI is InChI=1S/C16H24BrN/c1-4-15(12-6-5-7-13(17)10-12)18-14-8-9-16(2,3)11-14/h5-7,10,14-15,18H,4,8-9,11H2,1-3H3. The average Bonchev–Trinajstić information content (AvgIpc) is 2.65. The lowest BCUT2D eigenvalue weighted by Gasteiger charge is -2.24. The average molecular weight is 310 g/mol. The Morgan fingerprint density at radius 3 is 2.78 bits per heavy atom. The van der Waals surface area contributed by atoms with Crippen LogP contribution in [0.25, 0.3) is 0 Å². The first kappa shape index (κ1) is 14.1. The summed E-state index contributed by atoms with van der Waals surface area (Å²) in [6, 6.07) is 9.86. The fourth-order valence-corrected chi connectivity index (χ4v) is 3.45. The Hall–Kier alpha value is -0.340. The van der Waals surface area contributed by atoms with Crippen LogP contribution in [0.5, 0.6) is 0 Å². The molecule has 1 aliphatic carbocycles. The number of hydrogen-bond donors (Lipinski definition) is 1. The summed E-state index contributed by atoms with van der Waals surface area (Å²) in [6.45, 7) is 7.03. The Labute approximate surface area is 119 Å². The first-order chi connectivity index (χ1) is 8.50. The predicted molar refractivity (Wildman–Crippen MR) is 81.7 cm³/mol. The van der Waals surface area contributed by atoms with Gasteiger partial charge >= 0.3 is 0 Å². The van der Waals surface area contributed by atoms with Gasteiger partial charge in [-0.05, 0) is 48.8 Å². The second-order valence-corrected chi connectivity index (χ2v) is 7.20. The molecule has 0 aromatic heterocycles. The van der Waals surface area contributed by atoms with E-state index in [0.717, 1.165) is 6.42 Å². The monoisotopic (exact) mass is 309 g/mol. The zero-order chi connectivity index (χ0) is 13.2. The van der Waals surface area contributed by atoms with E-state index in [1.165, 1.54) is 29.3 Å². The van der Waals surface area contributed by atoms with Crippen LogP contribution in [0, 0.1) is 5.41 Å². The summed E-state index contributed by atoms with van der Waals surface area (Å²) in [5, 5.41) is 3.84. The maximum Gasteiger partial charge on any atom is 0.0320 e. The lowest BCUT2D eigenvalue weighted by atomic mass is 9.91. The molecule has 0 spiro atoms. The van der Waals surface area contributed by atoms with Crippen LogP contribution in [0.1, 0.15) is 58.1 Å². The highest BCUT2D eigenvalue weighted by Crippen LogP contribution is 2.38. The zero-order valence-electron chi connectivity index (χ0n) is 11.7. The van der Waals surface area contributed by atoms with E-state index in [2.05, 4.69) is 66.3 Å². The summed E-state index contributed by atoms with van der Waals surface area (Å²) in [5.41, 5.74) is 1.92. The number of hydrogen-bond acceptors (Lipinski definition) is 1. The smallest absolute Gasteiger partial charge is 0.0320 e. The quantitative estimate of drug-likeness (QED) is 0.819. The topological polar surface area (TPSA) is 12.0 Å². The van der Waals surface area contributed by atoms with Crippen molar-refractivity contribution >= 4 is 15.9 Å². The van der Waals surface area contributed by atoms with Crippen molar-refractivity contribution in [3.05, 3.63) is 34.3 Å². The highest BCUT2D eigenvalue weighted by molar-refractivity contribution is 9.10. The fraction of sp³-hybridized carbons (Fsp3) is 0.625. The molecule has 1 aromatic rings. The first-order valence-electron chi connectivity index (χ1n) is 7.02. The molecule has 0 aliphatic heterocycles. The molecular formula is C16H24BrN. The van der Waals surface area contributed by atoms with Crippen LogP contribution >= 0.6 is 15.9 Å². The van der Waals surface area contributed by atoms with Crippen molar-refractivity contribution in [2.24, 2.45) is 5.41 Å². The largest absolute Gasteiger partial charge is 0.307 e. The lowest BCUT2D eigenvalue weighted by Crippen LogP contribution is -2.31. The third kappa shape index (κ3) is 3.58. The van der Waals surface area contributed by atoms with Crippen molar-refractivity contribution in [3.63, 3.8) is 0 Å². The molecule has 100 valence electrons. The zero-order valence-corrected chi connectivity index (χ0v) is 13.3. The van der Waals surface area contributed by atoms with Crippen LogP contribution in [0.3, 0.4) is 0 Å². The van der Waals surface area contributed by atoms with Gasteiger partial charge in [-0.15, -0.1) is 0 Å². The van der Waals surface area contributed by atoms with Crippen molar-refractivity contribution in [2.75, 3.05) is 0 Å². The van der Waals surface area contributed by atoms with Gasteiger partial charge in [0.05, 0.1) is 0 Å². The third-order valence-electron chi connectivity index (χ3n) is 4.06. The van der Waals surface area contributed by atoms with Gasteiger partial charge in [0, 0.05) is 16.6 Å². The van der Waals surface area contributed by atoms with E-state index >= 15 is 0 Å². The predicted octanol–water partition coefficient (Wildman–Crippen LogP) is 5.07. The van der Waals surface area contributed by atoms with E-state index in [1.807, 2.05) is 0 Å². The molecule has 18 heavy (non-hydrogen) atoms. The highest BCUT2D eigenvalue weighted by Gasteiger charge is 2.31. The Morgan fingerprint density at radius 2 is 2.22 bits per heavy atom. The summed E-state index contributed by atoms with van der Waals surface area (Å²) in [5.74, 6) is 0. The number of halogens is 1. The maximum atomic E-state index is 3.84. The van der Waals surface area contributed by atoms with Crippen molar-refractivity contribution < 1.29 is 0 Å². The highest BCUT2D eigenvalue weighted by atomic mass is 79.9. The van der Waals surface area contributed by atoms with Gasteiger partial charge in [0.25, 0.3) is 0 Å². The molecule has 1 N–H and O–H groups in total. The molecule has 0 heterocycles. The molecule has 1 saturated carbocycles. The Balaban J connectivity index is 2.02. The number of nitrogens with one attached hydrogen (secondary N) is 1. The van der Waals surface area contributed by atoms with E-state index < -0.39 is 0 Å². The van der Waals surface area contributed by atoms with Crippen molar-refractivity contribution in [3.8, 4) is 0 Å². The molecule has 1 fully saturated rings. The van der Waals surface area contributed by atoms with Crippen LogP contribution < -0.4 is 5.32 Å². The maximum absolute atomic E-state index is 3.84. The van der Waals surface area contributed by atoms with E-state index in [9.17, 15) is 0 Å². The normalized spacial score (nSPS) is 24.1. The van der Waals surface area contributed by atoms with E-state index in [0.29, 0.717) is 17.5 Å². The SMILES string of the molecule is CCC(NC1CCC(C)(C)C1)c1cccc(Br)c1. The Morgan fingerprint density at radius 1 is 1.44 bits per heavy atom. The molecule has 2 unspecified atom stereocenters. The van der Waals surface area contributed by atoms with Gasteiger partial charge in [0.15, 0.2) is 0 Å². The summed E-state index contributed by atoms with van der Waals surface area (Å²) in [7, 11) is 0. The van der Waals surface area contributed by atoms with Gasteiger partial charge in [0.1, 0.15) is 0 Å². The molecular weight excluding hydrogens is 286 g/mol.